The van der Waals surface area contributed by atoms with Crippen LogP contribution in [0, 0.1) is 18.3 Å². The van der Waals surface area contributed by atoms with Crippen molar-refractivity contribution < 1.29 is 19.4 Å². The lowest BCUT2D eigenvalue weighted by molar-refractivity contribution is -0.137. The quantitative estimate of drug-likeness (QED) is 0.215. The number of hydrogen-bond donors (Lipinski definition) is 1. The number of thiocarbonyl (C=S) groups is 1. The van der Waals surface area contributed by atoms with E-state index in [1.54, 1.807) is 24.9 Å². The molecule has 9 nitrogen and oxygen atoms in total. The van der Waals surface area contributed by atoms with Crippen molar-refractivity contribution in [3.63, 3.8) is 0 Å². The molecule has 1 amide bonds. The van der Waals surface area contributed by atoms with Gasteiger partial charge in [0.15, 0.2) is 0 Å². The molecule has 0 spiro atoms. The molecule has 3 heterocycles. The summed E-state index contributed by atoms with van der Waals surface area (Å²) in [5, 5.41) is 18.3. The van der Waals surface area contributed by atoms with Gasteiger partial charge in [0.05, 0.1) is 18.1 Å². The number of amides is 1. The summed E-state index contributed by atoms with van der Waals surface area (Å²) in [6, 6.07) is 2.03. The van der Waals surface area contributed by atoms with Gasteiger partial charge in [-0.15, -0.1) is 0 Å². The monoisotopic (exact) mass is 560 g/mol. The van der Waals surface area contributed by atoms with E-state index in [-0.39, 0.29) is 23.5 Å². The Morgan fingerprint density at radius 2 is 1.71 bits per heavy atom. The third-order valence-electron chi connectivity index (χ3n) is 6.95. The van der Waals surface area contributed by atoms with E-state index < -0.39 is 5.97 Å². The summed E-state index contributed by atoms with van der Waals surface area (Å²) in [5.41, 5.74) is 0.976. The number of carbonyl (C=O) groups is 2. The maximum Gasteiger partial charge on any atom is 0.303 e. The number of carboxylic acids is 1. The van der Waals surface area contributed by atoms with Gasteiger partial charge in [0, 0.05) is 38.7 Å². The van der Waals surface area contributed by atoms with E-state index in [2.05, 4.69) is 4.90 Å². The van der Waals surface area contributed by atoms with Crippen molar-refractivity contribution in [2.75, 3.05) is 37.7 Å². The van der Waals surface area contributed by atoms with Crippen molar-refractivity contribution in [2.45, 2.75) is 64.7 Å². The average molecular weight is 561 g/mol. The molecular formula is C27H36N4O5S2. The maximum atomic E-state index is 13.3. The molecule has 0 bridgehead atoms. The number of aromatic nitrogens is 1. The SMILES string of the molecule is Cc1c(C=C2SC(=S)N(CCCCCCCCCCC(=O)O)C2=O)c(N2CCOCC2)n(C)c(=O)c1C#N. The number of ether oxygens (including phenoxy) is 1. The van der Waals surface area contributed by atoms with Crippen molar-refractivity contribution in [1.29, 1.82) is 5.26 Å². The van der Waals surface area contributed by atoms with E-state index >= 15 is 0 Å². The lowest BCUT2D eigenvalue weighted by Gasteiger charge is -2.32. The molecule has 38 heavy (non-hydrogen) atoms. The Balaban J connectivity index is 1.64. The zero-order valence-electron chi connectivity index (χ0n) is 22.2. The molecular weight excluding hydrogens is 524 g/mol. The number of nitriles is 1. The normalized spacial score (nSPS) is 16.9. The van der Waals surface area contributed by atoms with E-state index in [0.29, 0.717) is 59.0 Å². The van der Waals surface area contributed by atoms with Crippen molar-refractivity contribution in [3.8, 4) is 6.07 Å². The number of pyridine rings is 1. The van der Waals surface area contributed by atoms with E-state index in [4.69, 9.17) is 22.1 Å². The van der Waals surface area contributed by atoms with Crippen LogP contribution in [0.25, 0.3) is 6.08 Å². The number of aliphatic carboxylic acids is 1. The molecule has 0 unspecified atom stereocenters. The Labute approximate surface area is 233 Å². The predicted octanol–water partition coefficient (Wildman–Crippen LogP) is 4.20. The molecule has 2 aliphatic heterocycles. The molecule has 206 valence electrons. The summed E-state index contributed by atoms with van der Waals surface area (Å²) in [5.74, 6) is -0.189. The van der Waals surface area contributed by atoms with Gasteiger partial charge in [0.25, 0.3) is 11.5 Å². The number of nitrogens with zero attached hydrogens (tertiary/aromatic N) is 4. The van der Waals surface area contributed by atoms with Crippen LogP contribution in [-0.4, -0.2) is 63.6 Å². The van der Waals surface area contributed by atoms with Crippen LogP contribution < -0.4 is 10.5 Å². The topological polar surface area (TPSA) is 116 Å². The molecule has 11 heteroatoms. The lowest BCUT2D eigenvalue weighted by Crippen LogP contribution is -2.40. The van der Waals surface area contributed by atoms with Crippen molar-refractivity contribution in [2.24, 2.45) is 7.05 Å². The molecule has 2 aliphatic rings. The van der Waals surface area contributed by atoms with Crippen LogP contribution in [0.2, 0.25) is 0 Å². The number of unbranched alkanes of at least 4 members (excludes halogenated alkanes) is 7. The lowest BCUT2D eigenvalue weighted by atomic mass is 10.0. The number of carbonyl (C=O) groups excluding carboxylic acids is 1. The van der Waals surface area contributed by atoms with Gasteiger partial charge >= 0.3 is 5.97 Å². The van der Waals surface area contributed by atoms with Crippen molar-refractivity contribution in [1.82, 2.24) is 9.47 Å². The summed E-state index contributed by atoms with van der Waals surface area (Å²) in [7, 11) is 1.66. The minimum atomic E-state index is -0.732. The third-order valence-corrected chi connectivity index (χ3v) is 8.33. The summed E-state index contributed by atoms with van der Waals surface area (Å²) in [6.45, 7) is 4.62. The number of hydrogen-bond acceptors (Lipinski definition) is 8. The van der Waals surface area contributed by atoms with Crippen LogP contribution in [0.1, 0.15) is 74.5 Å². The van der Waals surface area contributed by atoms with Crippen LogP contribution in [0.3, 0.4) is 0 Å². The third kappa shape index (κ3) is 7.46. The second-order valence-corrected chi connectivity index (χ2v) is 11.3. The van der Waals surface area contributed by atoms with Gasteiger partial charge < -0.3 is 14.7 Å². The van der Waals surface area contributed by atoms with E-state index in [1.807, 2.05) is 6.07 Å². The van der Waals surface area contributed by atoms with Crippen LogP contribution in [0.15, 0.2) is 9.70 Å². The van der Waals surface area contributed by atoms with Gasteiger partial charge in [-0.3, -0.25) is 23.9 Å². The summed E-state index contributed by atoms with van der Waals surface area (Å²) in [6.07, 6.45) is 9.89. The highest BCUT2D eigenvalue weighted by Gasteiger charge is 2.33. The van der Waals surface area contributed by atoms with Crippen LogP contribution in [0.5, 0.6) is 0 Å². The van der Waals surface area contributed by atoms with Gasteiger partial charge in [-0.2, -0.15) is 5.26 Å². The van der Waals surface area contributed by atoms with E-state index in [1.165, 1.54) is 16.3 Å². The fraction of sp³-hybridized carbons (Fsp3) is 0.593. The standard InChI is InChI=1S/C27H36N4O5S2/c1-19-20(24(30-13-15-36-16-14-30)29(2)25(34)21(19)18-28)17-22-26(35)31(27(37)38-22)12-10-8-6-4-3-5-7-9-11-23(32)33/h17H,3-16H2,1-2H3,(H,32,33). The molecule has 1 aromatic heterocycles. The molecule has 3 rings (SSSR count). The molecule has 2 saturated heterocycles. The number of morpholine rings is 1. The van der Waals surface area contributed by atoms with Crippen LogP contribution >= 0.6 is 24.0 Å². The molecule has 1 aromatic rings. The fourth-order valence-corrected chi connectivity index (χ4v) is 6.09. The number of anilines is 1. The van der Waals surface area contributed by atoms with Gasteiger partial charge in [-0.25, -0.2) is 0 Å². The first-order valence-corrected chi connectivity index (χ1v) is 14.4. The van der Waals surface area contributed by atoms with Crippen LogP contribution in [0.4, 0.5) is 5.82 Å². The smallest absolute Gasteiger partial charge is 0.303 e. The van der Waals surface area contributed by atoms with Crippen LogP contribution in [-0.2, 0) is 21.4 Å². The van der Waals surface area contributed by atoms with Crippen molar-refractivity contribution >= 4 is 52.1 Å². The first-order valence-electron chi connectivity index (χ1n) is 13.2. The Kier molecular flexibility index (Phi) is 11.4. The Bertz CT molecular complexity index is 1180. The summed E-state index contributed by atoms with van der Waals surface area (Å²) < 4.78 is 7.50. The minimum Gasteiger partial charge on any atom is -0.481 e. The molecule has 1 N–H and O–H groups in total. The fourth-order valence-electron chi connectivity index (χ4n) is 4.80. The Morgan fingerprint density at radius 3 is 2.32 bits per heavy atom. The minimum absolute atomic E-state index is 0.0770. The Morgan fingerprint density at radius 1 is 1.11 bits per heavy atom. The van der Waals surface area contributed by atoms with Gasteiger partial charge in [0.2, 0.25) is 0 Å². The van der Waals surface area contributed by atoms with Gasteiger partial charge in [-0.1, -0.05) is 62.5 Å². The number of thioether (sulfide) groups is 1. The second kappa shape index (κ2) is 14.5. The van der Waals surface area contributed by atoms with E-state index in [0.717, 1.165) is 51.4 Å². The van der Waals surface area contributed by atoms with Gasteiger partial charge in [-0.05, 0) is 31.4 Å². The molecule has 0 aromatic carbocycles. The molecule has 0 saturated carbocycles. The maximum absolute atomic E-state index is 13.3. The first-order chi connectivity index (χ1) is 18.3. The molecule has 0 radical (unpaired) electrons. The Hall–Kier alpha value is -2.68. The zero-order valence-corrected chi connectivity index (χ0v) is 23.8. The van der Waals surface area contributed by atoms with Crippen molar-refractivity contribution in [3.05, 3.63) is 31.9 Å². The largest absolute Gasteiger partial charge is 0.481 e. The number of rotatable bonds is 13. The second-order valence-electron chi connectivity index (χ2n) is 9.62. The first kappa shape index (κ1) is 29.9. The summed E-state index contributed by atoms with van der Waals surface area (Å²) >= 11 is 6.79. The molecule has 2 fully saturated rings. The van der Waals surface area contributed by atoms with Gasteiger partial charge in [0.1, 0.15) is 21.8 Å². The highest BCUT2D eigenvalue weighted by Crippen LogP contribution is 2.36. The highest BCUT2D eigenvalue weighted by atomic mass is 32.2. The predicted molar refractivity (Wildman–Crippen MR) is 153 cm³/mol. The molecule has 0 atom stereocenters. The average Bonchev–Trinajstić information content (AvgIpc) is 3.16. The number of carboxylic acid groups (broad SMARTS) is 1. The summed E-state index contributed by atoms with van der Waals surface area (Å²) in [4.78, 5) is 40.9. The zero-order chi connectivity index (χ0) is 27.7. The van der Waals surface area contributed by atoms with E-state index in [9.17, 15) is 19.6 Å². The highest BCUT2D eigenvalue weighted by molar-refractivity contribution is 8.26. The molecule has 0 aliphatic carbocycles.